The highest BCUT2D eigenvalue weighted by molar-refractivity contribution is 5.82. The number of nitrogens with zero attached hydrogens (tertiary/aromatic N) is 1. The quantitative estimate of drug-likeness (QED) is 0.739. The highest BCUT2D eigenvalue weighted by atomic mass is 16.5. The lowest BCUT2D eigenvalue weighted by molar-refractivity contribution is -0.137. The molecule has 0 aliphatic rings. The average molecular weight is 351 g/mol. The minimum atomic E-state index is -0.948. The predicted molar refractivity (Wildman–Crippen MR) is 101 cm³/mol. The van der Waals surface area contributed by atoms with Crippen LogP contribution in [0.4, 0.5) is 0 Å². The van der Waals surface area contributed by atoms with Crippen molar-refractivity contribution >= 4 is 16.9 Å². The molecule has 0 aliphatic heterocycles. The second-order valence-electron chi connectivity index (χ2n) is 6.24. The van der Waals surface area contributed by atoms with Crippen LogP contribution in [-0.4, -0.2) is 22.2 Å². The molecule has 26 heavy (non-hydrogen) atoms. The molecule has 5 nitrogen and oxygen atoms in total. The monoisotopic (exact) mass is 351 g/mol. The van der Waals surface area contributed by atoms with E-state index in [1.807, 2.05) is 50.2 Å². The van der Waals surface area contributed by atoms with Crippen LogP contribution in [0.1, 0.15) is 23.6 Å². The number of fused-ring (bicyclic) bond motifs is 1. The third kappa shape index (κ3) is 3.61. The first-order valence-electron chi connectivity index (χ1n) is 8.54. The van der Waals surface area contributed by atoms with Gasteiger partial charge in [-0.2, -0.15) is 0 Å². The minimum Gasteiger partial charge on any atom is -0.494 e. The van der Waals surface area contributed by atoms with Gasteiger partial charge < -0.3 is 14.4 Å². The van der Waals surface area contributed by atoms with Crippen molar-refractivity contribution in [2.45, 2.75) is 26.8 Å². The topological polar surface area (TPSA) is 68.5 Å². The molecule has 0 saturated heterocycles. The number of carbonyl (C=O) groups is 1. The Morgan fingerprint density at radius 1 is 1.15 bits per heavy atom. The van der Waals surface area contributed by atoms with Crippen molar-refractivity contribution in [2.24, 2.45) is 0 Å². The summed E-state index contributed by atoms with van der Waals surface area (Å²) in [5.41, 5.74) is 2.97. The lowest BCUT2D eigenvalue weighted by Gasteiger charge is -2.14. The van der Waals surface area contributed by atoms with E-state index in [-0.39, 0.29) is 12.0 Å². The maximum absolute atomic E-state index is 13.0. The Labute approximate surface area is 151 Å². The molecule has 0 radical (unpaired) electrons. The molecule has 1 aromatic heterocycles. The molecular formula is C21H21NO4. The summed E-state index contributed by atoms with van der Waals surface area (Å²) in [6.45, 7) is 4.17. The standard InChI is InChI=1S/C21H21NO4/c1-3-26-19-7-5-4-6-15(19)11-16-12-22(13-20(23)24)18-9-8-14(2)10-17(18)21(16)25/h4-10,12H,3,11,13H2,1-2H3,(H,23,24). The summed E-state index contributed by atoms with van der Waals surface area (Å²) >= 11 is 0. The van der Waals surface area contributed by atoms with E-state index in [1.165, 1.54) is 0 Å². The third-order valence-corrected chi connectivity index (χ3v) is 4.27. The molecule has 0 amide bonds. The van der Waals surface area contributed by atoms with Crippen molar-refractivity contribution < 1.29 is 14.6 Å². The van der Waals surface area contributed by atoms with Crippen LogP contribution in [0.5, 0.6) is 5.75 Å². The summed E-state index contributed by atoms with van der Waals surface area (Å²) < 4.78 is 7.27. The zero-order valence-electron chi connectivity index (χ0n) is 14.9. The number of hydrogen-bond donors (Lipinski definition) is 1. The van der Waals surface area contributed by atoms with E-state index in [9.17, 15) is 14.7 Å². The maximum atomic E-state index is 13.0. The van der Waals surface area contributed by atoms with Gasteiger partial charge >= 0.3 is 5.97 Å². The molecule has 5 heteroatoms. The Bertz CT molecular complexity index is 1020. The summed E-state index contributed by atoms with van der Waals surface area (Å²) in [7, 11) is 0. The van der Waals surface area contributed by atoms with Gasteiger partial charge in [0, 0.05) is 23.6 Å². The smallest absolute Gasteiger partial charge is 0.323 e. The fraction of sp³-hybridized carbons (Fsp3) is 0.238. The van der Waals surface area contributed by atoms with Gasteiger partial charge in [-0.05, 0) is 37.6 Å². The van der Waals surface area contributed by atoms with Crippen molar-refractivity contribution in [3.8, 4) is 5.75 Å². The van der Waals surface area contributed by atoms with Crippen molar-refractivity contribution in [3.63, 3.8) is 0 Å². The van der Waals surface area contributed by atoms with E-state index in [0.29, 0.717) is 29.5 Å². The average Bonchev–Trinajstić information content (AvgIpc) is 2.60. The fourth-order valence-electron chi connectivity index (χ4n) is 3.13. The molecule has 0 atom stereocenters. The molecule has 0 unspecified atom stereocenters. The number of carboxylic acids is 1. The van der Waals surface area contributed by atoms with Crippen LogP contribution in [-0.2, 0) is 17.8 Å². The van der Waals surface area contributed by atoms with Crippen LogP contribution in [0.3, 0.4) is 0 Å². The number of carboxylic acid groups (broad SMARTS) is 1. The Hall–Kier alpha value is -3.08. The van der Waals surface area contributed by atoms with Crippen molar-refractivity contribution in [3.05, 3.63) is 75.6 Å². The molecule has 134 valence electrons. The lowest BCUT2D eigenvalue weighted by Crippen LogP contribution is -2.18. The largest absolute Gasteiger partial charge is 0.494 e. The van der Waals surface area contributed by atoms with Crippen LogP contribution in [0.2, 0.25) is 0 Å². The highest BCUT2D eigenvalue weighted by Gasteiger charge is 2.13. The van der Waals surface area contributed by atoms with Crippen LogP contribution in [0.25, 0.3) is 10.9 Å². The summed E-state index contributed by atoms with van der Waals surface area (Å²) in [5, 5.41) is 9.77. The van der Waals surface area contributed by atoms with E-state index < -0.39 is 5.97 Å². The number of pyridine rings is 1. The number of aryl methyl sites for hydroxylation is 1. The van der Waals surface area contributed by atoms with Gasteiger partial charge in [0.25, 0.3) is 0 Å². The Morgan fingerprint density at radius 2 is 1.92 bits per heavy atom. The third-order valence-electron chi connectivity index (χ3n) is 4.27. The zero-order chi connectivity index (χ0) is 18.7. The van der Waals surface area contributed by atoms with E-state index in [2.05, 4.69) is 0 Å². The van der Waals surface area contributed by atoms with E-state index in [1.54, 1.807) is 16.8 Å². The lowest BCUT2D eigenvalue weighted by atomic mass is 10.0. The normalized spacial score (nSPS) is 10.8. The number of benzene rings is 2. The van der Waals surface area contributed by atoms with Gasteiger partial charge in [-0.1, -0.05) is 29.8 Å². The van der Waals surface area contributed by atoms with Crippen molar-refractivity contribution in [1.82, 2.24) is 4.57 Å². The molecule has 3 aromatic rings. The molecular weight excluding hydrogens is 330 g/mol. The van der Waals surface area contributed by atoms with Gasteiger partial charge in [0.2, 0.25) is 0 Å². The molecule has 2 aromatic carbocycles. The van der Waals surface area contributed by atoms with Gasteiger partial charge in [0.05, 0.1) is 12.1 Å². The van der Waals surface area contributed by atoms with Crippen molar-refractivity contribution in [1.29, 1.82) is 0 Å². The van der Waals surface area contributed by atoms with Gasteiger partial charge in [0.15, 0.2) is 5.43 Å². The Kier molecular flexibility index (Phi) is 5.07. The minimum absolute atomic E-state index is 0.0726. The van der Waals surface area contributed by atoms with E-state index >= 15 is 0 Å². The van der Waals surface area contributed by atoms with E-state index in [4.69, 9.17) is 4.74 Å². The van der Waals surface area contributed by atoms with Gasteiger partial charge in [-0.15, -0.1) is 0 Å². The van der Waals surface area contributed by atoms with Crippen LogP contribution < -0.4 is 10.2 Å². The first kappa shape index (κ1) is 17.7. The van der Waals surface area contributed by atoms with Gasteiger partial charge in [-0.25, -0.2) is 0 Å². The number of ether oxygens (including phenoxy) is 1. The summed E-state index contributed by atoms with van der Waals surface area (Å²) in [4.78, 5) is 24.2. The molecule has 1 heterocycles. The SMILES string of the molecule is CCOc1ccccc1Cc1cn(CC(=O)O)c2ccc(C)cc2c1=O. The Balaban J connectivity index is 2.15. The molecule has 1 N–H and O–H groups in total. The number of para-hydroxylation sites is 1. The molecule has 0 fully saturated rings. The summed E-state index contributed by atoms with van der Waals surface area (Å²) in [6, 6.07) is 13.1. The first-order chi connectivity index (χ1) is 12.5. The second kappa shape index (κ2) is 7.44. The van der Waals surface area contributed by atoms with E-state index in [0.717, 1.165) is 16.9 Å². The van der Waals surface area contributed by atoms with Crippen LogP contribution in [0, 0.1) is 6.92 Å². The van der Waals surface area contributed by atoms with Gasteiger partial charge in [-0.3, -0.25) is 9.59 Å². The number of aliphatic carboxylic acids is 1. The molecule has 0 aliphatic carbocycles. The zero-order valence-corrected chi connectivity index (χ0v) is 14.9. The molecule has 0 spiro atoms. The maximum Gasteiger partial charge on any atom is 0.323 e. The molecule has 0 bridgehead atoms. The highest BCUT2D eigenvalue weighted by Crippen LogP contribution is 2.22. The summed E-state index contributed by atoms with van der Waals surface area (Å²) in [5.74, 6) is -0.209. The van der Waals surface area contributed by atoms with Crippen LogP contribution in [0.15, 0.2) is 53.5 Å². The number of aromatic nitrogens is 1. The van der Waals surface area contributed by atoms with Crippen LogP contribution >= 0.6 is 0 Å². The predicted octanol–water partition coefficient (Wildman–Crippen LogP) is 3.38. The fourth-order valence-corrected chi connectivity index (χ4v) is 3.13. The van der Waals surface area contributed by atoms with Crippen molar-refractivity contribution in [2.75, 3.05) is 6.61 Å². The summed E-state index contributed by atoms with van der Waals surface area (Å²) in [6.07, 6.45) is 2.04. The second-order valence-corrected chi connectivity index (χ2v) is 6.24. The number of rotatable bonds is 6. The van der Waals surface area contributed by atoms with Gasteiger partial charge in [0.1, 0.15) is 12.3 Å². The number of hydrogen-bond acceptors (Lipinski definition) is 3. The molecule has 0 saturated carbocycles. The Morgan fingerprint density at radius 3 is 2.65 bits per heavy atom. The molecule has 3 rings (SSSR count). The first-order valence-corrected chi connectivity index (χ1v) is 8.54.